The van der Waals surface area contributed by atoms with Crippen molar-refractivity contribution in [2.75, 3.05) is 6.54 Å². The fraction of sp³-hybridized carbons (Fsp3) is 0.786. The molecule has 0 amide bonds. The van der Waals surface area contributed by atoms with Crippen LogP contribution in [0, 0.1) is 5.41 Å². The van der Waals surface area contributed by atoms with E-state index in [9.17, 15) is 0 Å². The molecule has 3 rings (SSSR count). The molecule has 0 aromatic carbocycles. The normalized spacial score (nSPS) is 22.4. The maximum absolute atomic E-state index is 4.25. The molecular formula is C14H23N3. The summed E-state index contributed by atoms with van der Waals surface area (Å²) in [7, 11) is 2.05. The summed E-state index contributed by atoms with van der Waals surface area (Å²) in [4.78, 5) is 0. The van der Waals surface area contributed by atoms with E-state index in [-0.39, 0.29) is 0 Å². The average molecular weight is 233 g/mol. The van der Waals surface area contributed by atoms with Gasteiger partial charge in [-0.05, 0) is 50.0 Å². The Morgan fingerprint density at radius 2 is 2.29 bits per heavy atom. The van der Waals surface area contributed by atoms with Gasteiger partial charge >= 0.3 is 0 Å². The monoisotopic (exact) mass is 233 g/mol. The largest absolute Gasteiger partial charge is 0.313 e. The van der Waals surface area contributed by atoms with Gasteiger partial charge in [-0.25, -0.2) is 0 Å². The van der Waals surface area contributed by atoms with Gasteiger partial charge in [-0.15, -0.1) is 0 Å². The number of nitrogens with one attached hydrogen (secondary N) is 1. The fourth-order valence-corrected chi connectivity index (χ4v) is 2.88. The minimum Gasteiger partial charge on any atom is -0.313 e. The van der Waals surface area contributed by atoms with E-state index in [1.807, 2.05) is 17.9 Å². The van der Waals surface area contributed by atoms with Crippen molar-refractivity contribution in [2.45, 2.75) is 51.0 Å². The molecule has 0 radical (unpaired) electrons. The van der Waals surface area contributed by atoms with E-state index in [1.54, 1.807) is 0 Å². The third-order valence-electron chi connectivity index (χ3n) is 4.59. The Morgan fingerprint density at radius 3 is 2.82 bits per heavy atom. The van der Waals surface area contributed by atoms with Crippen LogP contribution in [0.1, 0.15) is 44.2 Å². The zero-order chi connectivity index (χ0) is 11.7. The second-order valence-corrected chi connectivity index (χ2v) is 5.95. The van der Waals surface area contributed by atoms with Crippen LogP contribution in [0.4, 0.5) is 0 Å². The summed E-state index contributed by atoms with van der Waals surface area (Å²) in [6.07, 6.45) is 11.5. The summed E-state index contributed by atoms with van der Waals surface area (Å²) in [6, 6.07) is 3.00. The zero-order valence-electron chi connectivity index (χ0n) is 10.8. The molecule has 1 N–H and O–H groups in total. The minimum absolute atomic E-state index is 0.604. The van der Waals surface area contributed by atoms with E-state index in [0.29, 0.717) is 5.41 Å². The Balaban J connectivity index is 1.52. The van der Waals surface area contributed by atoms with Gasteiger partial charge in [0.25, 0.3) is 0 Å². The quantitative estimate of drug-likeness (QED) is 0.817. The second kappa shape index (κ2) is 4.45. The van der Waals surface area contributed by atoms with Gasteiger partial charge in [0, 0.05) is 31.5 Å². The number of nitrogens with zero attached hydrogens (tertiary/aromatic N) is 2. The van der Waals surface area contributed by atoms with Gasteiger partial charge < -0.3 is 5.32 Å². The molecule has 3 nitrogen and oxygen atoms in total. The predicted molar refractivity (Wildman–Crippen MR) is 68.8 cm³/mol. The smallest absolute Gasteiger partial charge is 0.0492 e. The highest BCUT2D eigenvalue weighted by Gasteiger charge is 2.37. The molecule has 2 fully saturated rings. The van der Waals surface area contributed by atoms with Crippen molar-refractivity contribution >= 4 is 0 Å². The van der Waals surface area contributed by atoms with Crippen LogP contribution in [0.25, 0.3) is 0 Å². The first-order chi connectivity index (χ1) is 8.27. The Bertz CT molecular complexity index is 375. The molecule has 2 aliphatic rings. The molecule has 1 aromatic heterocycles. The molecule has 0 spiro atoms. The van der Waals surface area contributed by atoms with E-state index in [1.165, 1.54) is 57.2 Å². The summed E-state index contributed by atoms with van der Waals surface area (Å²) in [5.74, 6) is 0. The fourth-order valence-electron chi connectivity index (χ4n) is 2.88. The summed E-state index contributed by atoms with van der Waals surface area (Å²) < 4.78 is 2.01. The molecule has 17 heavy (non-hydrogen) atoms. The Morgan fingerprint density at radius 1 is 1.47 bits per heavy atom. The van der Waals surface area contributed by atoms with Crippen LogP contribution in [0.15, 0.2) is 12.3 Å². The molecule has 0 atom stereocenters. The summed E-state index contributed by atoms with van der Waals surface area (Å²) in [5, 5.41) is 7.97. The lowest BCUT2D eigenvalue weighted by atomic mass is 9.66. The molecule has 0 bridgehead atoms. The number of hydrogen-bond acceptors (Lipinski definition) is 2. The van der Waals surface area contributed by atoms with Crippen molar-refractivity contribution in [1.29, 1.82) is 0 Å². The maximum Gasteiger partial charge on any atom is 0.0492 e. The van der Waals surface area contributed by atoms with Crippen molar-refractivity contribution in [2.24, 2.45) is 12.5 Å². The zero-order valence-corrected chi connectivity index (χ0v) is 10.8. The van der Waals surface area contributed by atoms with Crippen molar-refractivity contribution in [3.63, 3.8) is 0 Å². The molecule has 0 unspecified atom stereocenters. The molecule has 94 valence electrons. The first-order valence-electron chi connectivity index (χ1n) is 6.98. The molecule has 0 aliphatic heterocycles. The van der Waals surface area contributed by atoms with Gasteiger partial charge in [0.15, 0.2) is 0 Å². The van der Waals surface area contributed by atoms with Crippen LogP contribution >= 0.6 is 0 Å². The van der Waals surface area contributed by atoms with Crippen LogP contribution in [0.2, 0.25) is 0 Å². The van der Waals surface area contributed by atoms with Crippen molar-refractivity contribution in [3.05, 3.63) is 18.0 Å². The third kappa shape index (κ3) is 2.54. The van der Waals surface area contributed by atoms with Crippen LogP contribution in [0.3, 0.4) is 0 Å². The van der Waals surface area contributed by atoms with Gasteiger partial charge in [0.2, 0.25) is 0 Å². The SMILES string of the molecule is Cn1nccc1CCC1(CNC2CC2)CCC1. The van der Waals surface area contributed by atoms with Crippen LogP contribution in [-0.2, 0) is 13.5 Å². The number of aromatic nitrogens is 2. The van der Waals surface area contributed by atoms with E-state index in [2.05, 4.69) is 16.5 Å². The van der Waals surface area contributed by atoms with E-state index >= 15 is 0 Å². The Kier molecular flexibility index (Phi) is 2.95. The number of aryl methyl sites for hydroxylation is 2. The highest BCUT2D eigenvalue weighted by molar-refractivity contribution is 5.03. The lowest BCUT2D eigenvalue weighted by Gasteiger charge is -2.42. The molecule has 0 saturated heterocycles. The summed E-state index contributed by atoms with van der Waals surface area (Å²) in [6.45, 7) is 1.25. The number of rotatable bonds is 6. The van der Waals surface area contributed by atoms with Crippen molar-refractivity contribution in [1.82, 2.24) is 15.1 Å². The van der Waals surface area contributed by atoms with Gasteiger partial charge in [0.05, 0.1) is 0 Å². The predicted octanol–water partition coefficient (Wildman–Crippen LogP) is 2.28. The van der Waals surface area contributed by atoms with Crippen LogP contribution < -0.4 is 5.32 Å². The standard InChI is InChI=1S/C14H23N3/c1-17-13(6-10-16-17)5-9-14(7-2-8-14)11-15-12-3-4-12/h6,10,12,15H,2-5,7-9,11H2,1H3. The lowest BCUT2D eigenvalue weighted by Crippen LogP contribution is -2.41. The van der Waals surface area contributed by atoms with E-state index in [0.717, 1.165) is 6.04 Å². The molecule has 2 aliphatic carbocycles. The molecule has 1 heterocycles. The lowest BCUT2D eigenvalue weighted by molar-refractivity contribution is 0.116. The first kappa shape index (κ1) is 11.3. The van der Waals surface area contributed by atoms with Crippen molar-refractivity contribution < 1.29 is 0 Å². The maximum atomic E-state index is 4.25. The van der Waals surface area contributed by atoms with Crippen LogP contribution in [-0.4, -0.2) is 22.4 Å². The molecular weight excluding hydrogens is 210 g/mol. The first-order valence-corrected chi connectivity index (χ1v) is 6.98. The molecule has 1 aromatic rings. The van der Waals surface area contributed by atoms with Crippen molar-refractivity contribution in [3.8, 4) is 0 Å². The van der Waals surface area contributed by atoms with Gasteiger partial charge in [-0.1, -0.05) is 6.42 Å². The molecule has 3 heteroatoms. The third-order valence-corrected chi connectivity index (χ3v) is 4.59. The van der Waals surface area contributed by atoms with Gasteiger partial charge in [-0.3, -0.25) is 4.68 Å². The van der Waals surface area contributed by atoms with Gasteiger partial charge in [0.1, 0.15) is 0 Å². The second-order valence-electron chi connectivity index (χ2n) is 5.95. The van der Waals surface area contributed by atoms with E-state index < -0.39 is 0 Å². The van der Waals surface area contributed by atoms with E-state index in [4.69, 9.17) is 0 Å². The highest BCUT2D eigenvalue weighted by atomic mass is 15.2. The average Bonchev–Trinajstić information content (AvgIpc) is 3.01. The topological polar surface area (TPSA) is 29.9 Å². The Labute approximate surface area is 104 Å². The minimum atomic E-state index is 0.604. The molecule has 2 saturated carbocycles. The highest BCUT2D eigenvalue weighted by Crippen LogP contribution is 2.44. The number of hydrogen-bond donors (Lipinski definition) is 1. The van der Waals surface area contributed by atoms with Gasteiger partial charge in [-0.2, -0.15) is 5.10 Å². The van der Waals surface area contributed by atoms with Crippen LogP contribution in [0.5, 0.6) is 0 Å². The summed E-state index contributed by atoms with van der Waals surface area (Å²) >= 11 is 0. The Hall–Kier alpha value is -0.830. The summed E-state index contributed by atoms with van der Waals surface area (Å²) in [5.41, 5.74) is 1.98.